The Morgan fingerprint density at radius 2 is 2.14 bits per heavy atom. The summed E-state index contributed by atoms with van der Waals surface area (Å²) < 4.78 is 0. The van der Waals surface area contributed by atoms with Crippen molar-refractivity contribution in [2.75, 3.05) is 13.1 Å². The summed E-state index contributed by atoms with van der Waals surface area (Å²) in [5.74, 6) is 1.50. The molecule has 22 heavy (non-hydrogen) atoms. The van der Waals surface area contributed by atoms with Gasteiger partial charge < -0.3 is 10.4 Å². The molecule has 1 fully saturated rings. The fourth-order valence-electron chi connectivity index (χ4n) is 3.77. The quantitative estimate of drug-likeness (QED) is 0.885. The summed E-state index contributed by atoms with van der Waals surface area (Å²) >= 11 is 0. The van der Waals surface area contributed by atoms with E-state index in [-0.39, 0.29) is 6.10 Å². The number of hydrogen-bond acceptors (Lipinski definition) is 3. The third-order valence-corrected chi connectivity index (χ3v) is 5.14. The van der Waals surface area contributed by atoms with Gasteiger partial charge in [0.1, 0.15) is 0 Å². The fourth-order valence-corrected chi connectivity index (χ4v) is 3.77. The first-order valence-corrected chi connectivity index (χ1v) is 8.52. The largest absolute Gasteiger partial charge is 0.388 e. The minimum Gasteiger partial charge on any atom is -0.388 e. The second-order valence-corrected chi connectivity index (χ2v) is 6.43. The number of nitrogens with one attached hydrogen (secondary N) is 1. The van der Waals surface area contributed by atoms with Crippen molar-refractivity contribution >= 4 is 10.9 Å². The van der Waals surface area contributed by atoms with Crippen molar-refractivity contribution in [3.8, 4) is 0 Å². The predicted molar refractivity (Wildman–Crippen MR) is 90.7 cm³/mol. The highest BCUT2D eigenvalue weighted by Gasteiger charge is 2.24. The third kappa shape index (κ3) is 3.31. The van der Waals surface area contributed by atoms with Gasteiger partial charge in [0.25, 0.3) is 0 Å². The van der Waals surface area contributed by atoms with Crippen LogP contribution in [0.15, 0.2) is 36.5 Å². The van der Waals surface area contributed by atoms with Gasteiger partial charge in [-0.1, -0.05) is 31.5 Å². The fraction of sp³-hybridized carbons (Fsp3) is 0.526. The van der Waals surface area contributed by atoms with Crippen molar-refractivity contribution in [3.63, 3.8) is 0 Å². The van der Waals surface area contributed by atoms with Crippen LogP contribution in [0.1, 0.15) is 44.3 Å². The van der Waals surface area contributed by atoms with Crippen LogP contribution in [0.2, 0.25) is 0 Å². The van der Waals surface area contributed by atoms with Gasteiger partial charge in [0.2, 0.25) is 0 Å². The van der Waals surface area contributed by atoms with Gasteiger partial charge in [-0.2, -0.15) is 0 Å². The molecule has 1 aliphatic heterocycles. The minimum absolute atomic E-state index is 0.389. The van der Waals surface area contributed by atoms with Gasteiger partial charge in [0, 0.05) is 11.6 Å². The molecule has 2 aromatic rings. The van der Waals surface area contributed by atoms with Gasteiger partial charge in [-0.15, -0.1) is 0 Å². The topological polar surface area (TPSA) is 45.1 Å². The number of para-hydroxylation sites is 1. The molecule has 3 heteroatoms. The molecule has 0 saturated carbocycles. The maximum atomic E-state index is 10.7. The molecule has 2 heterocycles. The first-order chi connectivity index (χ1) is 10.8. The van der Waals surface area contributed by atoms with E-state index in [2.05, 4.69) is 23.3 Å². The molecule has 0 radical (unpaired) electrons. The molecule has 3 rings (SSSR count). The van der Waals surface area contributed by atoms with Crippen molar-refractivity contribution in [2.45, 2.75) is 38.7 Å². The predicted octanol–water partition coefficient (Wildman–Crippen LogP) is 3.68. The summed E-state index contributed by atoms with van der Waals surface area (Å²) in [5.41, 5.74) is 1.99. The van der Waals surface area contributed by atoms with Crippen molar-refractivity contribution in [1.29, 1.82) is 0 Å². The zero-order valence-electron chi connectivity index (χ0n) is 13.3. The highest BCUT2D eigenvalue weighted by atomic mass is 16.3. The van der Waals surface area contributed by atoms with Crippen LogP contribution in [-0.4, -0.2) is 23.2 Å². The number of aliphatic hydroxyl groups excluding tert-OH is 1. The summed E-state index contributed by atoms with van der Waals surface area (Å²) in [6.07, 6.45) is 5.84. The lowest BCUT2D eigenvalue weighted by atomic mass is 9.80. The molecule has 1 aromatic heterocycles. The van der Waals surface area contributed by atoms with Gasteiger partial charge >= 0.3 is 0 Å². The summed E-state index contributed by atoms with van der Waals surface area (Å²) in [4.78, 5) is 4.38. The van der Waals surface area contributed by atoms with E-state index >= 15 is 0 Å². The zero-order chi connectivity index (χ0) is 15.4. The van der Waals surface area contributed by atoms with Crippen molar-refractivity contribution < 1.29 is 5.11 Å². The molecule has 0 amide bonds. The van der Waals surface area contributed by atoms with Crippen LogP contribution in [0.4, 0.5) is 0 Å². The molecule has 3 atom stereocenters. The average molecular weight is 298 g/mol. The van der Waals surface area contributed by atoms with Crippen LogP contribution in [0.5, 0.6) is 0 Å². The zero-order valence-corrected chi connectivity index (χ0v) is 13.3. The lowest BCUT2D eigenvalue weighted by Gasteiger charge is -2.32. The minimum atomic E-state index is -0.389. The molecule has 0 unspecified atom stereocenters. The van der Waals surface area contributed by atoms with E-state index in [1.165, 1.54) is 12.8 Å². The smallest absolute Gasteiger partial charge is 0.0797 e. The molecule has 1 saturated heterocycles. The van der Waals surface area contributed by atoms with Crippen LogP contribution >= 0.6 is 0 Å². The van der Waals surface area contributed by atoms with E-state index in [0.29, 0.717) is 0 Å². The van der Waals surface area contributed by atoms with Gasteiger partial charge in [0.05, 0.1) is 11.6 Å². The maximum Gasteiger partial charge on any atom is 0.0797 e. The molecule has 2 N–H and O–H groups in total. The Morgan fingerprint density at radius 3 is 3.00 bits per heavy atom. The van der Waals surface area contributed by atoms with E-state index in [1.807, 2.05) is 24.3 Å². The molecule has 1 aliphatic rings. The van der Waals surface area contributed by atoms with Crippen LogP contribution < -0.4 is 5.32 Å². The molecule has 0 spiro atoms. The lowest BCUT2D eigenvalue weighted by molar-refractivity contribution is 0.139. The normalized spacial score (nSPS) is 23.5. The number of hydrogen-bond donors (Lipinski definition) is 2. The third-order valence-electron chi connectivity index (χ3n) is 5.14. The van der Waals surface area contributed by atoms with E-state index in [4.69, 9.17) is 0 Å². The second kappa shape index (κ2) is 7.21. The Morgan fingerprint density at radius 1 is 1.27 bits per heavy atom. The Hall–Kier alpha value is -1.45. The Bertz CT molecular complexity index is 608. The van der Waals surface area contributed by atoms with E-state index in [1.54, 1.807) is 6.20 Å². The summed E-state index contributed by atoms with van der Waals surface area (Å²) in [5, 5.41) is 15.2. The van der Waals surface area contributed by atoms with Crippen molar-refractivity contribution in [3.05, 3.63) is 42.1 Å². The standard InChI is InChI=1S/C19H26N2O/c1-2-14-13-20-11-9-15(14)7-8-19(22)17-10-12-21-18-6-4-3-5-16(17)18/h3-6,10,12,14-15,19-20,22H,2,7-9,11,13H2,1H3/t14-,15+,19-/m0/s1. The number of aliphatic hydroxyl groups is 1. The van der Waals surface area contributed by atoms with Gasteiger partial charge in [-0.05, 0) is 61.9 Å². The monoisotopic (exact) mass is 298 g/mol. The number of fused-ring (bicyclic) bond motifs is 1. The maximum absolute atomic E-state index is 10.7. The highest BCUT2D eigenvalue weighted by molar-refractivity contribution is 5.82. The molecular formula is C19H26N2O. The molecule has 1 aromatic carbocycles. The number of aromatic nitrogens is 1. The van der Waals surface area contributed by atoms with Gasteiger partial charge in [-0.3, -0.25) is 4.98 Å². The Kier molecular flexibility index (Phi) is 5.06. The molecule has 118 valence electrons. The molecule has 0 aliphatic carbocycles. The lowest BCUT2D eigenvalue weighted by Crippen LogP contribution is -2.36. The van der Waals surface area contributed by atoms with E-state index < -0.39 is 0 Å². The number of rotatable bonds is 5. The summed E-state index contributed by atoms with van der Waals surface area (Å²) in [6.45, 7) is 4.53. The van der Waals surface area contributed by atoms with E-state index in [0.717, 1.165) is 54.2 Å². The Balaban J connectivity index is 1.69. The second-order valence-electron chi connectivity index (χ2n) is 6.43. The number of pyridine rings is 1. The molecule has 3 nitrogen and oxygen atoms in total. The first-order valence-electron chi connectivity index (χ1n) is 8.52. The van der Waals surface area contributed by atoms with Gasteiger partial charge in [0.15, 0.2) is 0 Å². The highest BCUT2D eigenvalue weighted by Crippen LogP contribution is 2.31. The number of nitrogens with zero attached hydrogens (tertiary/aromatic N) is 1. The van der Waals surface area contributed by atoms with Crippen molar-refractivity contribution in [2.24, 2.45) is 11.8 Å². The SMILES string of the molecule is CC[C@H]1CNCC[C@H]1CC[C@H](O)c1ccnc2ccccc12. The van der Waals surface area contributed by atoms with Crippen molar-refractivity contribution in [1.82, 2.24) is 10.3 Å². The van der Waals surface area contributed by atoms with Crippen LogP contribution in [0, 0.1) is 11.8 Å². The molecular weight excluding hydrogens is 272 g/mol. The van der Waals surface area contributed by atoms with Crippen LogP contribution in [-0.2, 0) is 0 Å². The summed E-state index contributed by atoms with van der Waals surface area (Å²) in [7, 11) is 0. The van der Waals surface area contributed by atoms with Gasteiger partial charge in [-0.25, -0.2) is 0 Å². The number of benzene rings is 1. The average Bonchev–Trinajstić information content (AvgIpc) is 2.59. The summed E-state index contributed by atoms with van der Waals surface area (Å²) in [6, 6.07) is 10.0. The first kappa shape index (κ1) is 15.4. The number of piperidine rings is 1. The Labute approximate surface area is 132 Å². The molecule has 0 bridgehead atoms. The van der Waals surface area contributed by atoms with E-state index in [9.17, 15) is 5.11 Å². The van der Waals surface area contributed by atoms with Crippen LogP contribution in [0.25, 0.3) is 10.9 Å². The van der Waals surface area contributed by atoms with Crippen LogP contribution in [0.3, 0.4) is 0 Å².